The molecule has 0 saturated heterocycles. The minimum Gasteiger partial charge on any atom is -0.477 e. The average molecular weight is 252 g/mol. The standard InChI is InChI=1S/C12H10ClNO3/c1-6-5-8(13)3-4-9(6)11-10(12(15)16)7(2)17-14-11/h3-5H,1-2H3,(H,15,16). The van der Waals surface area contributed by atoms with Crippen LogP contribution in [-0.4, -0.2) is 16.2 Å². The summed E-state index contributed by atoms with van der Waals surface area (Å²) in [6, 6.07) is 5.19. The van der Waals surface area contributed by atoms with Crippen molar-refractivity contribution in [3.63, 3.8) is 0 Å². The van der Waals surface area contributed by atoms with E-state index >= 15 is 0 Å². The summed E-state index contributed by atoms with van der Waals surface area (Å²) in [6.07, 6.45) is 0. The van der Waals surface area contributed by atoms with Gasteiger partial charge in [-0.3, -0.25) is 0 Å². The maximum Gasteiger partial charge on any atom is 0.341 e. The summed E-state index contributed by atoms with van der Waals surface area (Å²) in [5, 5.41) is 13.5. The highest BCUT2D eigenvalue weighted by Crippen LogP contribution is 2.29. The predicted octanol–water partition coefficient (Wildman–Crippen LogP) is 3.31. The molecule has 1 N–H and O–H groups in total. The van der Waals surface area contributed by atoms with Gasteiger partial charge in [-0.15, -0.1) is 0 Å². The van der Waals surface area contributed by atoms with Crippen molar-refractivity contribution >= 4 is 17.6 Å². The molecule has 0 radical (unpaired) electrons. The van der Waals surface area contributed by atoms with E-state index in [4.69, 9.17) is 21.2 Å². The Morgan fingerprint density at radius 2 is 2.12 bits per heavy atom. The van der Waals surface area contributed by atoms with Gasteiger partial charge in [0.15, 0.2) is 0 Å². The number of carbonyl (C=O) groups is 1. The van der Waals surface area contributed by atoms with Crippen molar-refractivity contribution in [2.45, 2.75) is 13.8 Å². The first-order valence-electron chi connectivity index (χ1n) is 4.97. The van der Waals surface area contributed by atoms with E-state index in [9.17, 15) is 4.79 Å². The van der Waals surface area contributed by atoms with Gasteiger partial charge in [0.1, 0.15) is 17.0 Å². The van der Waals surface area contributed by atoms with Crippen molar-refractivity contribution in [2.75, 3.05) is 0 Å². The van der Waals surface area contributed by atoms with Gasteiger partial charge in [0.25, 0.3) is 0 Å². The van der Waals surface area contributed by atoms with E-state index in [-0.39, 0.29) is 5.56 Å². The van der Waals surface area contributed by atoms with Crippen LogP contribution in [0.15, 0.2) is 22.7 Å². The zero-order chi connectivity index (χ0) is 12.6. The van der Waals surface area contributed by atoms with Crippen LogP contribution >= 0.6 is 11.6 Å². The lowest BCUT2D eigenvalue weighted by atomic mass is 10.0. The molecule has 1 aromatic heterocycles. The number of carboxylic acids is 1. The summed E-state index contributed by atoms with van der Waals surface area (Å²) in [6.45, 7) is 3.42. The van der Waals surface area contributed by atoms with E-state index in [0.29, 0.717) is 22.0 Å². The van der Waals surface area contributed by atoms with Crippen LogP contribution in [0.25, 0.3) is 11.3 Å². The van der Waals surface area contributed by atoms with Crippen molar-refractivity contribution in [1.29, 1.82) is 0 Å². The molecule has 0 aliphatic heterocycles. The Balaban J connectivity index is 2.65. The van der Waals surface area contributed by atoms with Crippen LogP contribution in [-0.2, 0) is 0 Å². The van der Waals surface area contributed by atoms with Crippen molar-refractivity contribution < 1.29 is 14.4 Å². The number of halogens is 1. The lowest BCUT2D eigenvalue weighted by Gasteiger charge is -2.03. The Hall–Kier alpha value is -1.81. The van der Waals surface area contributed by atoms with Gasteiger partial charge < -0.3 is 9.63 Å². The van der Waals surface area contributed by atoms with Crippen LogP contribution < -0.4 is 0 Å². The highest BCUT2D eigenvalue weighted by Gasteiger charge is 2.21. The van der Waals surface area contributed by atoms with Crippen molar-refractivity contribution in [3.8, 4) is 11.3 Å². The number of aromatic carboxylic acids is 1. The van der Waals surface area contributed by atoms with Gasteiger partial charge in [-0.1, -0.05) is 22.8 Å². The number of carboxylic acid groups (broad SMARTS) is 1. The number of benzene rings is 1. The quantitative estimate of drug-likeness (QED) is 0.889. The second kappa shape index (κ2) is 4.22. The fraction of sp³-hybridized carbons (Fsp3) is 0.167. The number of aryl methyl sites for hydroxylation is 2. The van der Waals surface area contributed by atoms with Gasteiger partial charge in [-0.2, -0.15) is 0 Å². The summed E-state index contributed by atoms with van der Waals surface area (Å²) in [5.41, 5.74) is 2.00. The number of nitrogens with zero attached hydrogens (tertiary/aromatic N) is 1. The molecule has 2 rings (SSSR count). The molecule has 88 valence electrons. The average Bonchev–Trinajstić information content (AvgIpc) is 2.60. The molecule has 0 atom stereocenters. The Morgan fingerprint density at radius 1 is 1.41 bits per heavy atom. The molecule has 0 saturated carbocycles. The summed E-state index contributed by atoms with van der Waals surface area (Å²) in [7, 11) is 0. The Bertz CT molecular complexity index is 589. The van der Waals surface area contributed by atoms with Gasteiger partial charge in [0, 0.05) is 10.6 Å². The number of aromatic nitrogens is 1. The lowest BCUT2D eigenvalue weighted by molar-refractivity contribution is 0.0696. The van der Waals surface area contributed by atoms with Gasteiger partial charge in [-0.25, -0.2) is 4.79 Å². The van der Waals surface area contributed by atoms with E-state index in [1.807, 2.05) is 6.92 Å². The molecule has 0 fully saturated rings. The molecule has 5 heteroatoms. The van der Waals surface area contributed by atoms with Crippen LogP contribution in [0, 0.1) is 13.8 Å². The fourth-order valence-corrected chi connectivity index (χ4v) is 1.93. The fourth-order valence-electron chi connectivity index (χ4n) is 1.70. The van der Waals surface area contributed by atoms with Crippen molar-refractivity contribution in [3.05, 3.63) is 40.1 Å². The first-order chi connectivity index (χ1) is 8.00. The molecule has 1 heterocycles. The van der Waals surface area contributed by atoms with Crippen molar-refractivity contribution in [1.82, 2.24) is 5.16 Å². The second-order valence-corrected chi connectivity index (χ2v) is 4.16. The molecule has 0 spiro atoms. The third kappa shape index (κ3) is 2.03. The van der Waals surface area contributed by atoms with Crippen molar-refractivity contribution in [2.24, 2.45) is 0 Å². The maximum atomic E-state index is 11.1. The largest absolute Gasteiger partial charge is 0.477 e. The predicted molar refractivity (Wildman–Crippen MR) is 63.4 cm³/mol. The molecule has 1 aromatic carbocycles. The van der Waals surface area contributed by atoms with Crippen LogP contribution in [0.5, 0.6) is 0 Å². The maximum absolute atomic E-state index is 11.1. The van der Waals surface area contributed by atoms with Crippen LogP contribution in [0.2, 0.25) is 5.02 Å². The molecule has 0 unspecified atom stereocenters. The number of hydrogen-bond acceptors (Lipinski definition) is 3. The van der Waals surface area contributed by atoms with Crippen LogP contribution in [0.1, 0.15) is 21.7 Å². The summed E-state index contributed by atoms with van der Waals surface area (Å²) >= 11 is 5.85. The van der Waals surface area contributed by atoms with Gasteiger partial charge in [0.05, 0.1) is 0 Å². The van der Waals surface area contributed by atoms with E-state index in [1.165, 1.54) is 0 Å². The Kier molecular flexibility index (Phi) is 2.90. The van der Waals surface area contributed by atoms with Gasteiger partial charge in [-0.05, 0) is 31.5 Å². The third-order valence-electron chi connectivity index (χ3n) is 2.52. The summed E-state index contributed by atoms with van der Waals surface area (Å²) in [4.78, 5) is 11.1. The van der Waals surface area contributed by atoms with Crippen LogP contribution in [0.3, 0.4) is 0 Å². The molecule has 4 nitrogen and oxygen atoms in total. The summed E-state index contributed by atoms with van der Waals surface area (Å²) in [5.74, 6) is -0.755. The Labute approximate surface area is 103 Å². The Morgan fingerprint density at radius 3 is 2.71 bits per heavy atom. The van der Waals surface area contributed by atoms with E-state index < -0.39 is 5.97 Å². The molecular formula is C12H10ClNO3. The first kappa shape index (κ1) is 11.7. The van der Waals surface area contributed by atoms with E-state index in [0.717, 1.165) is 5.56 Å². The van der Waals surface area contributed by atoms with E-state index in [2.05, 4.69) is 5.16 Å². The monoisotopic (exact) mass is 251 g/mol. The zero-order valence-electron chi connectivity index (χ0n) is 9.32. The minimum atomic E-state index is -1.05. The topological polar surface area (TPSA) is 63.3 Å². The highest BCUT2D eigenvalue weighted by molar-refractivity contribution is 6.30. The normalized spacial score (nSPS) is 10.5. The molecule has 0 bridgehead atoms. The highest BCUT2D eigenvalue weighted by atomic mass is 35.5. The molecular weight excluding hydrogens is 242 g/mol. The molecule has 17 heavy (non-hydrogen) atoms. The third-order valence-corrected chi connectivity index (χ3v) is 2.76. The first-order valence-corrected chi connectivity index (χ1v) is 5.34. The number of rotatable bonds is 2. The smallest absolute Gasteiger partial charge is 0.341 e. The minimum absolute atomic E-state index is 0.0930. The van der Waals surface area contributed by atoms with Gasteiger partial charge in [0.2, 0.25) is 0 Å². The summed E-state index contributed by atoms with van der Waals surface area (Å²) < 4.78 is 4.93. The number of hydrogen-bond donors (Lipinski definition) is 1. The molecule has 0 aliphatic rings. The lowest BCUT2D eigenvalue weighted by Crippen LogP contribution is -1.99. The van der Waals surface area contributed by atoms with Crippen LogP contribution in [0.4, 0.5) is 0 Å². The SMILES string of the molecule is Cc1cc(Cl)ccc1-c1noc(C)c1C(=O)O. The molecule has 2 aromatic rings. The second-order valence-electron chi connectivity index (χ2n) is 3.73. The van der Waals surface area contributed by atoms with Gasteiger partial charge >= 0.3 is 5.97 Å². The van der Waals surface area contributed by atoms with E-state index in [1.54, 1.807) is 25.1 Å². The molecule has 0 amide bonds. The zero-order valence-corrected chi connectivity index (χ0v) is 10.1. The molecule has 0 aliphatic carbocycles.